The zero-order valence-corrected chi connectivity index (χ0v) is 18.3. The predicted octanol–water partition coefficient (Wildman–Crippen LogP) is 5.56. The van der Waals surface area contributed by atoms with Crippen LogP contribution in [-0.2, 0) is 0 Å². The fraction of sp³-hybridized carbons (Fsp3) is 0.727. The Morgan fingerprint density at radius 1 is 1.00 bits per heavy atom. The van der Waals surface area contributed by atoms with Gasteiger partial charge in [0.1, 0.15) is 24.2 Å². The van der Waals surface area contributed by atoms with E-state index in [2.05, 4.69) is 53.4 Å². The molecule has 1 saturated carbocycles. The molecule has 0 bridgehead atoms. The molecule has 0 amide bonds. The Morgan fingerprint density at radius 2 is 1.65 bits per heavy atom. The fourth-order valence-corrected chi connectivity index (χ4v) is 4.85. The van der Waals surface area contributed by atoms with E-state index in [4.69, 9.17) is 9.47 Å². The van der Waals surface area contributed by atoms with Gasteiger partial charge in [0.15, 0.2) is 0 Å². The molecule has 1 aliphatic heterocycles. The molecular weight excluding hydrogens is 346 g/mol. The van der Waals surface area contributed by atoms with E-state index >= 15 is 0 Å². The van der Waals surface area contributed by atoms with Crippen LogP contribution in [-0.4, -0.2) is 36.2 Å². The molecule has 148 valence electrons. The van der Waals surface area contributed by atoms with E-state index in [1.165, 1.54) is 41.5 Å². The van der Waals surface area contributed by atoms with Crippen LogP contribution in [0.3, 0.4) is 0 Å². The summed E-state index contributed by atoms with van der Waals surface area (Å²) in [6.07, 6.45) is 4.15. The number of fused-ring (bicyclic) bond motifs is 3. The molecule has 1 heterocycles. The molecule has 0 unspecified atom stereocenters. The number of nitrogens with zero attached hydrogens (tertiary/aromatic N) is 1. The second-order valence-electron chi connectivity index (χ2n) is 8.41. The Kier molecular flexibility index (Phi) is 6.90. The number of benzene rings is 1. The van der Waals surface area contributed by atoms with Crippen LogP contribution in [0.15, 0.2) is 0 Å². The standard InChI is InChI=1S/C22H35NO2.ClH/c1-13(2)23(14(3)4)11-12-24-21-15(5)16(6)22-20(17(21)7)18-9-8-10-19(18)25-22;/h13-14,18-19H,8-12H2,1-7H3;1H/t18-,19+;/m1./s1. The van der Waals surface area contributed by atoms with Gasteiger partial charge in [0.25, 0.3) is 0 Å². The maximum Gasteiger partial charge on any atom is 0.127 e. The topological polar surface area (TPSA) is 21.7 Å². The smallest absolute Gasteiger partial charge is 0.127 e. The summed E-state index contributed by atoms with van der Waals surface area (Å²) < 4.78 is 12.7. The van der Waals surface area contributed by atoms with Gasteiger partial charge in [0.05, 0.1) is 0 Å². The van der Waals surface area contributed by atoms with E-state index in [1.807, 2.05) is 0 Å². The van der Waals surface area contributed by atoms with Crippen LogP contribution in [0.25, 0.3) is 0 Å². The molecule has 26 heavy (non-hydrogen) atoms. The van der Waals surface area contributed by atoms with Crippen LogP contribution in [0.5, 0.6) is 11.5 Å². The molecule has 0 saturated heterocycles. The van der Waals surface area contributed by atoms with Gasteiger partial charge >= 0.3 is 0 Å². The Labute approximate surface area is 165 Å². The molecule has 0 radical (unpaired) electrons. The minimum atomic E-state index is 0. The maximum absolute atomic E-state index is 6.36. The number of hydrogen-bond donors (Lipinski definition) is 0. The molecule has 1 aromatic rings. The summed E-state index contributed by atoms with van der Waals surface area (Å²) in [7, 11) is 0. The zero-order chi connectivity index (χ0) is 18.3. The largest absolute Gasteiger partial charge is 0.492 e. The van der Waals surface area contributed by atoms with E-state index in [9.17, 15) is 0 Å². The van der Waals surface area contributed by atoms with Crippen molar-refractivity contribution < 1.29 is 9.47 Å². The SMILES string of the molecule is Cc1c(C)c2c(c(C)c1OCCN(C(C)C)C(C)C)[C@@H]1CCC[C@@H]1O2.Cl. The lowest BCUT2D eigenvalue weighted by Crippen LogP contribution is -2.39. The van der Waals surface area contributed by atoms with Crippen molar-refractivity contribution in [2.75, 3.05) is 13.2 Å². The van der Waals surface area contributed by atoms with E-state index in [0.29, 0.717) is 24.1 Å². The quantitative estimate of drug-likeness (QED) is 0.643. The summed E-state index contributed by atoms with van der Waals surface area (Å²) in [5.41, 5.74) is 5.27. The predicted molar refractivity (Wildman–Crippen MR) is 111 cm³/mol. The van der Waals surface area contributed by atoms with Gasteiger partial charge in [-0.05, 0) is 84.4 Å². The summed E-state index contributed by atoms with van der Waals surface area (Å²) in [4.78, 5) is 2.49. The van der Waals surface area contributed by atoms with Crippen LogP contribution >= 0.6 is 12.4 Å². The van der Waals surface area contributed by atoms with Crippen LogP contribution in [0.1, 0.15) is 75.1 Å². The van der Waals surface area contributed by atoms with Crippen molar-refractivity contribution in [1.82, 2.24) is 4.90 Å². The first-order valence-corrected chi connectivity index (χ1v) is 10.0. The Hall–Kier alpha value is -0.930. The van der Waals surface area contributed by atoms with E-state index in [0.717, 1.165) is 24.7 Å². The molecule has 1 fully saturated rings. The van der Waals surface area contributed by atoms with Gasteiger partial charge in [-0.15, -0.1) is 12.4 Å². The summed E-state index contributed by atoms with van der Waals surface area (Å²) in [5, 5.41) is 0. The molecule has 3 rings (SSSR count). The molecule has 1 aromatic carbocycles. The van der Waals surface area contributed by atoms with Crippen LogP contribution < -0.4 is 9.47 Å². The van der Waals surface area contributed by atoms with Crippen molar-refractivity contribution in [2.24, 2.45) is 0 Å². The van der Waals surface area contributed by atoms with E-state index in [1.54, 1.807) is 0 Å². The summed E-state index contributed by atoms with van der Waals surface area (Å²) in [6.45, 7) is 17.3. The highest BCUT2D eigenvalue weighted by atomic mass is 35.5. The van der Waals surface area contributed by atoms with Gasteiger partial charge in [-0.1, -0.05) is 0 Å². The summed E-state index contributed by atoms with van der Waals surface area (Å²) >= 11 is 0. The van der Waals surface area contributed by atoms with Gasteiger partial charge in [0.2, 0.25) is 0 Å². The minimum Gasteiger partial charge on any atom is -0.492 e. The summed E-state index contributed by atoms with van der Waals surface area (Å²) in [5.74, 6) is 2.84. The highest BCUT2D eigenvalue weighted by Gasteiger charge is 2.41. The third-order valence-corrected chi connectivity index (χ3v) is 6.25. The fourth-order valence-electron chi connectivity index (χ4n) is 4.85. The number of hydrogen-bond acceptors (Lipinski definition) is 3. The van der Waals surface area contributed by atoms with Crippen molar-refractivity contribution >= 4 is 12.4 Å². The molecule has 1 aliphatic carbocycles. The monoisotopic (exact) mass is 381 g/mol. The number of halogens is 1. The highest BCUT2D eigenvalue weighted by Crippen LogP contribution is 2.52. The summed E-state index contributed by atoms with van der Waals surface area (Å²) in [6, 6.07) is 1.08. The van der Waals surface area contributed by atoms with Crippen molar-refractivity contribution in [2.45, 2.75) is 91.8 Å². The zero-order valence-electron chi connectivity index (χ0n) is 17.5. The molecule has 2 atom stereocenters. The first kappa shape index (κ1) is 21.4. The average Bonchev–Trinajstić information content (AvgIpc) is 3.11. The second kappa shape index (κ2) is 8.39. The molecule has 0 aromatic heterocycles. The maximum atomic E-state index is 6.36. The Bertz CT molecular complexity index is 634. The average molecular weight is 382 g/mol. The lowest BCUT2D eigenvalue weighted by molar-refractivity contribution is 0.141. The van der Waals surface area contributed by atoms with Crippen molar-refractivity contribution in [3.05, 3.63) is 22.3 Å². The first-order chi connectivity index (χ1) is 11.8. The molecule has 4 heteroatoms. The lowest BCUT2D eigenvalue weighted by atomic mass is 9.89. The molecule has 0 spiro atoms. The van der Waals surface area contributed by atoms with Crippen LogP contribution in [0.2, 0.25) is 0 Å². The van der Waals surface area contributed by atoms with Gasteiger partial charge in [0, 0.05) is 30.1 Å². The normalized spacial score (nSPS) is 21.0. The molecule has 3 nitrogen and oxygen atoms in total. The van der Waals surface area contributed by atoms with Crippen molar-refractivity contribution in [1.29, 1.82) is 0 Å². The molecular formula is C22H36ClNO2. The van der Waals surface area contributed by atoms with E-state index in [-0.39, 0.29) is 12.4 Å². The van der Waals surface area contributed by atoms with Gasteiger partial charge in [-0.2, -0.15) is 0 Å². The van der Waals surface area contributed by atoms with Gasteiger partial charge in [-0.3, -0.25) is 4.90 Å². The number of rotatable bonds is 6. The first-order valence-electron chi connectivity index (χ1n) is 10.0. The van der Waals surface area contributed by atoms with Crippen LogP contribution in [0, 0.1) is 20.8 Å². The van der Waals surface area contributed by atoms with E-state index < -0.39 is 0 Å². The molecule has 0 N–H and O–H groups in total. The van der Waals surface area contributed by atoms with Crippen LogP contribution in [0.4, 0.5) is 0 Å². The lowest BCUT2D eigenvalue weighted by Gasteiger charge is -2.30. The third kappa shape index (κ3) is 3.71. The van der Waals surface area contributed by atoms with Crippen molar-refractivity contribution in [3.63, 3.8) is 0 Å². The molecule has 2 aliphatic rings. The Balaban J connectivity index is 0.00000243. The Morgan fingerprint density at radius 3 is 2.27 bits per heavy atom. The minimum absolute atomic E-state index is 0. The van der Waals surface area contributed by atoms with Crippen molar-refractivity contribution in [3.8, 4) is 11.5 Å². The third-order valence-electron chi connectivity index (χ3n) is 6.25. The second-order valence-corrected chi connectivity index (χ2v) is 8.41. The number of ether oxygens (including phenoxy) is 2. The van der Waals surface area contributed by atoms with Gasteiger partial charge < -0.3 is 9.47 Å². The van der Waals surface area contributed by atoms with Gasteiger partial charge in [-0.25, -0.2) is 0 Å². The highest BCUT2D eigenvalue weighted by molar-refractivity contribution is 5.85.